The van der Waals surface area contributed by atoms with Gasteiger partial charge in [-0.1, -0.05) is 42.6 Å². The van der Waals surface area contributed by atoms with E-state index in [2.05, 4.69) is 29.8 Å². The molecule has 0 N–H and O–H groups in total. The minimum absolute atomic E-state index is 0.197. The maximum Gasteiger partial charge on any atom is 0.367 e. The first-order valence-electron chi connectivity index (χ1n) is 5.52. The normalized spacial score (nSPS) is 14.7. The molecular weight excluding hydrogens is 371 g/mol. The first-order chi connectivity index (χ1) is 7.06. The Hall–Kier alpha value is 0.680. The van der Waals surface area contributed by atoms with Crippen LogP contribution < -0.4 is 0 Å². The molecule has 2 atom stereocenters. The van der Waals surface area contributed by atoms with E-state index in [0.717, 1.165) is 6.42 Å². The lowest BCUT2D eigenvalue weighted by Crippen LogP contribution is -2.08. The number of carbonyl (C=O) groups excluding carboxylic acids is 1. The van der Waals surface area contributed by atoms with Gasteiger partial charge in [0.15, 0.2) is 0 Å². The molecule has 0 fully saturated rings. The highest BCUT2D eigenvalue weighted by atomic mass is 127. The van der Waals surface area contributed by atoms with Crippen molar-refractivity contribution < 1.29 is 9.53 Å². The van der Waals surface area contributed by atoms with Gasteiger partial charge in [0.25, 0.3) is 0 Å². The van der Waals surface area contributed by atoms with Crippen molar-refractivity contribution in [3.63, 3.8) is 0 Å². The van der Waals surface area contributed by atoms with E-state index < -0.39 is 0 Å². The lowest BCUT2D eigenvalue weighted by Gasteiger charge is -2.16. The first kappa shape index (κ1) is 15.7. The highest BCUT2D eigenvalue weighted by Gasteiger charge is 2.10. The smallest absolute Gasteiger partial charge is 0.367 e. The lowest BCUT2D eigenvalue weighted by atomic mass is 9.94. The molecule has 0 aromatic heterocycles. The number of rotatable bonds is 8. The van der Waals surface area contributed by atoms with Crippen molar-refractivity contribution in [1.29, 1.82) is 0 Å². The number of hydrogen-bond donors (Lipinski definition) is 0. The van der Waals surface area contributed by atoms with E-state index >= 15 is 0 Å². The van der Waals surface area contributed by atoms with Crippen LogP contribution in [0, 0.1) is 5.92 Å². The van der Waals surface area contributed by atoms with Gasteiger partial charge in [-0.2, -0.15) is 0 Å². The molecule has 0 amide bonds. The second-order valence-electron chi connectivity index (χ2n) is 3.89. The topological polar surface area (TPSA) is 26.3 Å². The molecule has 0 aromatic rings. The molecule has 0 spiro atoms. The van der Waals surface area contributed by atoms with Crippen molar-refractivity contribution in [2.24, 2.45) is 5.92 Å². The van der Waals surface area contributed by atoms with E-state index in [4.69, 9.17) is 4.74 Å². The predicted octanol–water partition coefficient (Wildman–Crippen LogP) is 4.93. The molecule has 0 saturated heterocycles. The molecule has 0 rings (SSSR count). The van der Waals surface area contributed by atoms with E-state index in [1.54, 1.807) is 22.6 Å². The number of ether oxygens (including phenoxy) is 1. The van der Waals surface area contributed by atoms with Crippen LogP contribution in [0.4, 0.5) is 4.79 Å². The van der Waals surface area contributed by atoms with E-state index in [1.807, 2.05) is 0 Å². The monoisotopic (exact) mass is 390 g/mol. The van der Waals surface area contributed by atoms with Crippen LogP contribution >= 0.6 is 38.5 Å². The summed E-state index contributed by atoms with van der Waals surface area (Å²) in [7, 11) is 0. The van der Waals surface area contributed by atoms with Gasteiger partial charge in [-0.05, 0) is 25.2 Å². The second-order valence-corrected chi connectivity index (χ2v) is 6.33. The second kappa shape index (κ2) is 9.87. The predicted molar refractivity (Wildman–Crippen MR) is 76.0 cm³/mol. The van der Waals surface area contributed by atoms with Gasteiger partial charge < -0.3 is 4.74 Å². The molecule has 0 unspecified atom stereocenters. The highest BCUT2D eigenvalue weighted by Crippen LogP contribution is 2.21. The summed E-state index contributed by atoms with van der Waals surface area (Å²) in [4.78, 5) is 11.2. The van der Waals surface area contributed by atoms with Gasteiger partial charge in [-0.15, -0.1) is 0 Å². The average Bonchev–Trinajstić information content (AvgIpc) is 2.13. The molecule has 0 aromatic carbocycles. The van der Waals surface area contributed by atoms with Gasteiger partial charge in [-0.3, -0.25) is 0 Å². The quantitative estimate of drug-likeness (QED) is 0.333. The molecule has 15 heavy (non-hydrogen) atoms. The van der Waals surface area contributed by atoms with Crippen LogP contribution in [0.1, 0.15) is 46.0 Å². The third-order valence-electron chi connectivity index (χ3n) is 2.41. The molecule has 2 nitrogen and oxygen atoms in total. The van der Waals surface area contributed by atoms with Crippen molar-refractivity contribution >= 4 is 42.5 Å². The molecule has 0 heterocycles. The van der Waals surface area contributed by atoms with Gasteiger partial charge in [0, 0.05) is 4.83 Å². The van der Waals surface area contributed by atoms with Crippen LogP contribution in [0.15, 0.2) is 0 Å². The van der Waals surface area contributed by atoms with E-state index in [0.29, 0.717) is 17.4 Å². The van der Waals surface area contributed by atoms with E-state index in [9.17, 15) is 4.79 Å². The largest absolute Gasteiger partial charge is 0.458 e. The van der Waals surface area contributed by atoms with Gasteiger partial charge in [0.2, 0.25) is 0 Å². The fourth-order valence-corrected chi connectivity index (χ4v) is 2.10. The van der Waals surface area contributed by atoms with Crippen molar-refractivity contribution in [2.45, 2.75) is 50.8 Å². The van der Waals surface area contributed by atoms with Crippen LogP contribution in [-0.2, 0) is 4.74 Å². The number of carbonyl (C=O) groups is 1. The van der Waals surface area contributed by atoms with Crippen molar-refractivity contribution in [3.05, 3.63) is 0 Å². The Kier molecular flexibility index (Phi) is 10.3. The fourth-order valence-electron chi connectivity index (χ4n) is 1.61. The molecule has 0 radical (unpaired) electrons. The Morgan fingerprint density at radius 1 is 1.33 bits per heavy atom. The number of halogens is 2. The zero-order valence-corrected chi connectivity index (χ0v) is 13.2. The minimum Gasteiger partial charge on any atom is -0.458 e. The van der Waals surface area contributed by atoms with Crippen molar-refractivity contribution in [1.82, 2.24) is 0 Å². The third kappa shape index (κ3) is 11.0. The van der Waals surface area contributed by atoms with Gasteiger partial charge in [-0.25, -0.2) is 4.79 Å². The Labute approximate surface area is 115 Å². The molecule has 0 saturated carbocycles. The number of hydrogen-bond acceptors (Lipinski definition) is 2. The zero-order valence-electron chi connectivity index (χ0n) is 9.47. The van der Waals surface area contributed by atoms with Crippen LogP contribution in [0.2, 0.25) is 0 Å². The highest BCUT2D eigenvalue weighted by molar-refractivity contribution is 14.1. The van der Waals surface area contributed by atoms with Crippen LogP contribution in [0.25, 0.3) is 0 Å². The maximum absolute atomic E-state index is 10.6. The molecule has 0 aliphatic rings. The summed E-state index contributed by atoms with van der Waals surface area (Å²) in [6, 6.07) is 0. The maximum atomic E-state index is 10.6. The zero-order chi connectivity index (χ0) is 11.7. The first-order valence-corrected chi connectivity index (χ1v) is 7.52. The third-order valence-corrected chi connectivity index (χ3v) is 3.18. The summed E-state index contributed by atoms with van der Waals surface area (Å²) in [5, 5.41) is 0. The van der Waals surface area contributed by atoms with Crippen LogP contribution in [0.5, 0.6) is 0 Å². The Bertz CT molecular complexity index is 174. The molecule has 0 bridgehead atoms. The molecule has 0 aliphatic heterocycles. The summed E-state index contributed by atoms with van der Waals surface area (Å²) in [6.45, 7) is 4.95. The summed E-state index contributed by atoms with van der Waals surface area (Å²) in [5.41, 5.74) is 0. The minimum atomic E-state index is -0.197. The van der Waals surface area contributed by atoms with E-state index in [-0.39, 0.29) is 3.98 Å². The molecule has 90 valence electrons. The van der Waals surface area contributed by atoms with E-state index in [1.165, 1.54) is 25.7 Å². The lowest BCUT2D eigenvalue weighted by molar-refractivity contribution is 0.167. The van der Waals surface area contributed by atoms with Crippen LogP contribution in [0.3, 0.4) is 0 Å². The Morgan fingerprint density at radius 2 is 2.00 bits per heavy atom. The number of alkyl halides is 1. The van der Waals surface area contributed by atoms with Gasteiger partial charge >= 0.3 is 3.98 Å². The van der Waals surface area contributed by atoms with Crippen LogP contribution in [-0.4, -0.2) is 15.4 Å². The molecule has 0 aliphatic carbocycles. The fraction of sp³-hybridized carbons (Fsp3) is 0.909. The van der Waals surface area contributed by atoms with Gasteiger partial charge in [0.05, 0.1) is 29.2 Å². The summed E-state index contributed by atoms with van der Waals surface area (Å²) in [5.74, 6) is 0.700. The SMILES string of the molecule is CCC[C@H](CCOC(=O)I)CC[C@@H](C)Br. The summed E-state index contributed by atoms with van der Waals surface area (Å²) in [6.07, 6.45) is 5.86. The molecular formula is C11H20BrIO2. The van der Waals surface area contributed by atoms with Crippen molar-refractivity contribution in [3.8, 4) is 0 Å². The van der Waals surface area contributed by atoms with Crippen molar-refractivity contribution in [2.75, 3.05) is 6.61 Å². The van der Waals surface area contributed by atoms with Gasteiger partial charge in [0.1, 0.15) is 0 Å². The standard InChI is InChI=1S/C11H20BrIO2/c1-3-4-10(6-5-9(2)12)7-8-15-11(13)14/h9-10H,3-8H2,1-2H3/t9-,10+/m1/s1. The average molecular weight is 391 g/mol. The summed E-state index contributed by atoms with van der Waals surface area (Å²) < 4.78 is 4.76. The summed E-state index contributed by atoms with van der Waals surface area (Å²) >= 11 is 5.23. The Morgan fingerprint density at radius 3 is 2.47 bits per heavy atom. The Balaban J connectivity index is 3.67. The molecule has 4 heteroatoms.